The second-order valence-electron chi connectivity index (χ2n) is 10.2. The zero-order valence-corrected chi connectivity index (χ0v) is 21.1. The summed E-state index contributed by atoms with van der Waals surface area (Å²) >= 11 is 0. The van der Waals surface area contributed by atoms with Crippen molar-refractivity contribution in [3.8, 4) is 11.5 Å². The second-order valence-corrected chi connectivity index (χ2v) is 10.2. The van der Waals surface area contributed by atoms with Gasteiger partial charge in [-0.05, 0) is 55.2 Å². The molecule has 1 atom stereocenters. The summed E-state index contributed by atoms with van der Waals surface area (Å²) in [5.41, 5.74) is 2.28. The van der Waals surface area contributed by atoms with E-state index in [1.165, 1.54) is 6.07 Å². The van der Waals surface area contributed by atoms with E-state index < -0.39 is 23.5 Å². The minimum absolute atomic E-state index is 0.196. The maximum Gasteiger partial charge on any atom is 0.416 e. The van der Waals surface area contributed by atoms with Crippen LogP contribution in [0.25, 0.3) is 11.0 Å². The summed E-state index contributed by atoms with van der Waals surface area (Å²) in [5, 5.41) is 9.34. The number of fused-ring (bicyclic) bond motifs is 2. The Balaban J connectivity index is 1.17. The predicted molar refractivity (Wildman–Crippen MR) is 137 cm³/mol. The molecule has 3 aromatic carbocycles. The molecule has 0 bridgehead atoms. The van der Waals surface area contributed by atoms with Gasteiger partial charge < -0.3 is 19.1 Å². The lowest BCUT2D eigenvalue weighted by Gasteiger charge is -2.33. The third-order valence-electron chi connectivity index (χ3n) is 7.57. The molecule has 0 amide bonds. The van der Waals surface area contributed by atoms with Crippen molar-refractivity contribution in [3.05, 3.63) is 89.2 Å². The molecule has 0 spiro atoms. The van der Waals surface area contributed by atoms with Crippen molar-refractivity contribution < 1.29 is 32.5 Å². The molecular weight excluding hydrogens is 511 g/mol. The Morgan fingerprint density at radius 2 is 1.85 bits per heavy atom. The van der Waals surface area contributed by atoms with Gasteiger partial charge in [-0.25, -0.2) is 9.78 Å². The van der Waals surface area contributed by atoms with Crippen LogP contribution in [0.2, 0.25) is 0 Å². The van der Waals surface area contributed by atoms with Gasteiger partial charge in [-0.1, -0.05) is 24.3 Å². The first-order valence-corrected chi connectivity index (χ1v) is 12.7. The molecule has 1 fully saturated rings. The number of aromatic nitrogens is 2. The van der Waals surface area contributed by atoms with Crippen molar-refractivity contribution in [1.82, 2.24) is 14.5 Å². The largest absolute Gasteiger partial charge is 0.478 e. The number of carboxylic acid groups (broad SMARTS) is 1. The summed E-state index contributed by atoms with van der Waals surface area (Å²) < 4.78 is 54.2. The summed E-state index contributed by atoms with van der Waals surface area (Å²) in [7, 11) is 0. The summed E-state index contributed by atoms with van der Waals surface area (Å²) in [6, 6.07) is 15.6. The van der Waals surface area contributed by atoms with Crippen LogP contribution in [0, 0.1) is 0 Å². The molecule has 3 heterocycles. The van der Waals surface area contributed by atoms with Crippen LogP contribution in [-0.4, -0.2) is 38.6 Å². The van der Waals surface area contributed by atoms with E-state index in [1.807, 2.05) is 16.7 Å². The Hall–Kier alpha value is -4.05. The number of carboxylic acids is 1. The highest BCUT2D eigenvalue weighted by atomic mass is 19.4. The number of para-hydroxylation sites is 1. The number of carbonyl (C=O) groups is 1. The van der Waals surface area contributed by atoms with Gasteiger partial charge in [0.1, 0.15) is 0 Å². The van der Waals surface area contributed by atoms with E-state index in [-0.39, 0.29) is 11.5 Å². The van der Waals surface area contributed by atoms with Gasteiger partial charge in [0.05, 0.1) is 35.2 Å². The van der Waals surface area contributed by atoms with Crippen LogP contribution in [0.1, 0.15) is 52.7 Å². The van der Waals surface area contributed by atoms with Crippen LogP contribution >= 0.6 is 0 Å². The molecule has 1 aromatic heterocycles. The molecule has 4 aromatic rings. The minimum Gasteiger partial charge on any atom is -0.478 e. The van der Waals surface area contributed by atoms with Crippen LogP contribution < -0.4 is 9.47 Å². The monoisotopic (exact) mass is 537 g/mol. The Morgan fingerprint density at radius 1 is 1.08 bits per heavy atom. The van der Waals surface area contributed by atoms with Crippen LogP contribution in [0.5, 0.6) is 11.5 Å². The lowest BCUT2D eigenvalue weighted by molar-refractivity contribution is -0.138. The minimum atomic E-state index is -4.46. The number of imidazole rings is 1. The van der Waals surface area contributed by atoms with Gasteiger partial charge in [0.15, 0.2) is 11.5 Å². The van der Waals surface area contributed by atoms with E-state index in [2.05, 4.69) is 9.88 Å². The highest BCUT2D eigenvalue weighted by Crippen LogP contribution is 2.49. The fourth-order valence-electron chi connectivity index (χ4n) is 5.47. The summed E-state index contributed by atoms with van der Waals surface area (Å²) in [4.78, 5) is 18.1. The number of alkyl halides is 3. The highest BCUT2D eigenvalue weighted by Gasteiger charge is 2.42. The third-order valence-corrected chi connectivity index (χ3v) is 7.57. The smallest absolute Gasteiger partial charge is 0.416 e. The highest BCUT2D eigenvalue weighted by molar-refractivity contribution is 5.92. The first kappa shape index (κ1) is 25.2. The summed E-state index contributed by atoms with van der Waals surface area (Å²) in [6.45, 7) is 3.84. The Morgan fingerprint density at radius 3 is 2.59 bits per heavy atom. The summed E-state index contributed by atoms with van der Waals surface area (Å²) in [6.07, 6.45) is -1.02. The number of benzene rings is 3. The third kappa shape index (κ3) is 4.69. The Kier molecular flexibility index (Phi) is 6.02. The average molecular weight is 538 g/mol. The fourth-order valence-corrected chi connectivity index (χ4v) is 5.47. The van der Waals surface area contributed by atoms with Gasteiger partial charge in [-0.15, -0.1) is 0 Å². The lowest BCUT2D eigenvalue weighted by Crippen LogP contribution is -2.34. The molecular formula is C29H26F3N3O4. The summed E-state index contributed by atoms with van der Waals surface area (Å²) in [5.74, 6) is -1.04. The zero-order valence-electron chi connectivity index (χ0n) is 21.1. The van der Waals surface area contributed by atoms with E-state index in [0.717, 1.165) is 54.7 Å². The van der Waals surface area contributed by atoms with E-state index in [1.54, 1.807) is 43.6 Å². The van der Waals surface area contributed by atoms with E-state index in [4.69, 9.17) is 9.47 Å². The molecule has 1 N–H and O–H groups in total. The fraction of sp³-hybridized carbons (Fsp3) is 0.310. The van der Waals surface area contributed by atoms with Crippen molar-refractivity contribution in [2.75, 3.05) is 13.1 Å². The first-order chi connectivity index (χ1) is 18.6. The van der Waals surface area contributed by atoms with Crippen molar-refractivity contribution in [1.29, 1.82) is 0 Å². The van der Waals surface area contributed by atoms with Crippen LogP contribution in [0.15, 0.2) is 67.0 Å². The number of hydrogen-bond donors (Lipinski definition) is 1. The molecule has 1 unspecified atom stereocenters. The number of piperidine rings is 1. The molecule has 39 heavy (non-hydrogen) atoms. The molecule has 2 aliphatic heterocycles. The van der Waals surface area contributed by atoms with E-state index in [0.29, 0.717) is 23.7 Å². The topological polar surface area (TPSA) is 76.8 Å². The number of aromatic carboxylic acids is 1. The van der Waals surface area contributed by atoms with Crippen molar-refractivity contribution >= 4 is 17.0 Å². The van der Waals surface area contributed by atoms with E-state index in [9.17, 15) is 23.1 Å². The number of hydrogen-bond acceptors (Lipinski definition) is 5. The molecule has 1 saturated heterocycles. The van der Waals surface area contributed by atoms with Crippen LogP contribution in [0.3, 0.4) is 0 Å². The maximum atomic E-state index is 13.3. The first-order valence-electron chi connectivity index (χ1n) is 12.7. The molecule has 10 heteroatoms. The van der Waals surface area contributed by atoms with Gasteiger partial charge in [0, 0.05) is 31.1 Å². The van der Waals surface area contributed by atoms with Crippen molar-refractivity contribution in [2.24, 2.45) is 0 Å². The number of nitrogens with zero attached hydrogens (tertiary/aromatic N) is 3. The number of rotatable bonds is 5. The quantitative estimate of drug-likeness (QED) is 0.325. The van der Waals surface area contributed by atoms with Crippen LogP contribution in [-0.2, 0) is 18.6 Å². The lowest BCUT2D eigenvalue weighted by atomic mass is 9.88. The average Bonchev–Trinajstić information content (AvgIpc) is 3.49. The van der Waals surface area contributed by atoms with Gasteiger partial charge in [0.2, 0.25) is 0 Å². The standard InChI is InChI=1S/C29H26F3N3O4/c1-28(20-4-2-5-21(15-20)29(30,31)32)38-25-7-3-6-22(26(25)39-28)18-10-12-34(13-11-18)17-35-16-33-23-9-8-19(27(36)37)14-24(23)35/h2-9,14-16,18H,10-13,17H2,1H3,(H,36,37). The molecule has 2 aliphatic rings. The Labute approximate surface area is 222 Å². The van der Waals surface area contributed by atoms with Gasteiger partial charge in [-0.2, -0.15) is 13.2 Å². The van der Waals surface area contributed by atoms with Gasteiger partial charge >= 0.3 is 12.1 Å². The number of ether oxygens (including phenoxy) is 2. The number of likely N-dealkylation sites (tertiary alicyclic amines) is 1. The zero-order chi connectivity index (χ0) is 27.4. The maximum absolute atomic E-state index is 13.3. The second kappa shape index (κ2) is 9.30. The molecule has 0 saturated carbocycles. The van der Waals surface area contributed by atoms with Crippen LogP contribution in [0.4, 0.5) is 13.2 Å². The van der Waals surface area contributed by atoms with Crippen molar-refractivity contribution in [3.63, 3.8) is 0 Å². The molecule has 6 rings (SSSR count). The molecule has 0 aliphatic carbocycles. The van der Waals surface area contributed by atoms with E-state index >= 15 is 0 Å². The number of halogens is 3. The van der Waals surface area contributed by atoms with Gasteiger partial charge in [0.25, 0.3) is 5.79 Å². The molecule has 202 valence electrons. The van der Waals surface area contributed by atoms with Gasteiger partial charge in [-0.3, -0.25) is 4.90 Å². The molecule has 0 radical (unpaired) electrons. The van der Waals surface area contributed by atoms with Crippen molar-refractivity contribution in [2.45, 2.75) is 44.3 Å². The Bertz CT molecular complexity index is 1560. The predicted octanol–water partition coefficient (Wildman–Crippen LogP) is 6.23. The SMILES string of the molecule is CC1(c2cccc(C(F)(F)F)c2)Oc2cccc(C3CCN(Cn4cnc5ccc(C(=O)O)cc54)CC3)c2O1. The molecule has 7 nitrogen and oxygen atoms in total. The normalized spacial score (nSPS) is 20.0.